The van der Waals surface area contributed by atoms with Gasteiger partial charge in [-0.1, -0.05) is 0 Å². The van der Waals surface area contributed by atoms with Gasteiger partial charge in [-0.25, -0.2) is 15.2 Å². The molecule has 0 radical (unpaired) electrons. The van der Waals surface area contributed by atoms with Crippen molar-refractivity contribution in [3.63, 3.8) is 0 Å². The lowest BCUT2D eigenvalue weighted by atomic mass is 10.1. The summed E-state index contributed by atoms with van der Waals surface area (Å²) in [6, 6.07) is 6.39. The van der Waals surface area contributed by atoms with Crippen LogP contribution in [0.25, 0.3) is 11.2 Å². The Morgan fingerprint density at radius 1 is 1.19 bits per heavy atom. The molecule has 3 rings (SSSR count). The number of carbonyl (C=O) groups is 1. The number of nitrogens with one attached hydrogen (secondary N) is 1. The molecule has 0 fully saturated rings. The van der Waals surface area contributed by atoms with Gasteiger partial charge in [0.1, 0.15) is 12.3 Å². The molecule has 0 saturated heterocycles. The summed E-state index contributed by atoms with van der Waals surface area (Å²) in [7, 11) is 2.87. The number of phenolic OH excluding ortho intramolecular Hbond substituents is 1. The molecule has 2 N–H and O–H groups in total. The zero-order valence-corrected chi connectivity index (χ0v) is 15.0. The third-order valence-electron chi connectivity index (χ3n) is 4.16. The smallest absolute Gasteiger partial charge is 0.332 e. The van der Waals surface area contributed by atoms with E-state index in [4.69, 9.17) is 0 Å². The molecule has 2 aromatic heterocycles. The first-order valence-corrected chi connectivity index (χ1v) is 8.03. The van der Waals surface area contributed by atoms with Gasteiger partial charge in [0.05, 0.1) is 12.0 Å². The van der Waals surface area contributed by atoms with Gasteiger partial charge in [0.25, 0.3) is 11.5 Å². The second-order valence-electron chi connectivity index (χ2n) is 6.03. The van der Waals surface area contributed by atoms with Crippen molar-refractivity contribution in [1.29, 1.82) is 0 Å². The highest BCUT2D eigenvalue weighted by Crippen LogP contribution is 2.10. The third-order valence-corrected chi connectivity index (χ3v) is 4.16. The van der Waals surface area contributed by atoms with E-state index in [0.717, 1.165) is 10.1 Å². The Labute approximate surface area is 153 Å². The highest BCUT2D eigenvalue weighted by molar-refractivity contribution is 5.99. The molecule has 0 aliphatic heterocycles. The summed E-state index contributed by atoms with van der Waals surface area (Å²) in [5, 5.41) is 13.3. The third kappa shape index (κ3) is 3.36. The van der Waals surface area contributed by atoms with E-state index in [0.29, 0.717) is 5.71 Å². The standard InChI is InChI=1S/C17H18N6O4/c1-10(11-4-6-12(24)7-5-11)19-20-13(25)8-23-9-18-15-14(23)16(26)22(3)17(27)21(15)2/h4-7,9,24H,8H2,1-3H3,(H,20,25)/b19-10+. The van der Waals surface area contributed by atoms with Gasteiger partial charge in [0, 0.05) is 14.1 Å². The molecule has 0 bridgehead atoms. The van der Waals surface area contributed by atoms with Gasteiger partial charge in [-0.05, 0) is 36.8 Å². The predicted octanol–water partition coefficient (Wildman–Crippen LogP) is -0.320. The largest absolute Gasteiger partial charge is 0.508 e. The zero-order valence-electron chi connectivity index (χ0n) is 15.0. The van der Waals surface area contributed by atoms with Crippen molar-refractivity contribution in [3.05, 3.63) is 57.0 Å². The van der Waals surface area contributed by atoms with E-state index in [1.165, 1.54) is 41.7 Å². The summed E-state index contributed by atoms with van der Waals surface area (Å²) in [4.78, 5) is 40.6. The van der Waals surface area contributed by atoms with E-state index in [2.05, 4.69) is 15.5 Å². The molecule has 0 spiro atoms. The van der Waals surface area contributed by atoms with Crippen molar-refractivity contribution in [2.24, 2.45) is 19.2 Å². The summed E-state index contributed by atoms with van der Waals surface area (Å²) >= 11 is 0. The van der Waals surface area contributed by atoms with E-state index in [9.17, 15) is 19.5 Å². The number of hydrazone groups is 1. The van der Waals surface area contributed by atoms with E-state index >= 15 is 0 Å². The van der Waals surface area contributed by atoms with Crippen molar-refractivity contribution in [2.45, 2.75) is 13.5 Å². The molecule has 0 saturated carbocycles. The molecule has 10 heteroatoms. The number of carbonyl (C=O) groups excluding carboxylic acids is 1. The Hall–Kier alpha value is -3.69. The van der Waals surface area contributed by atoms with Crippen LogP contribution >= 0.6 is 0 Å². The van der Waals surface area contributed by atoms with E-state index in [1.54, 1.807) is 19.1 Å². The van der Waals surface area contributed by atoms with Crippen LogP contribution in [0.15, 0.2) is 45.3 Å². The van der Waals surface area contributed by atoms with Gasteiger partial charge in [-0.3, -0.25) is 18.7 Å². The van der Waals surface area contributed by atoms with Crippen LogP contribution < -0.4 is 16.7 Å². The molecular formula is C17H18N6O4. The first-order valence-electron chi connectivity index (χ1n) is 8.03. The van der Waals surface area contributed by atoms with Crippen LogP contribution in [0.2, 0.25) is 0 Å². The average Bonchev–Trinajstić information content (AvgIpc) is 3.07. The number of fused-ring (bicyclic) bond motifs is 1. The number of aryl methyl sites for hydroxylation is 1. The number of aromatic hydroxyl groups is 1. The fourth-order valence-electron chi connectivity index (χ4n) is 2.62. The predicted molar refractivity (Wildman–Crippen MR) is 98.7 cm³/mol. The maximum Gasteiger partial charge on any atom is 0.332 e. The second-order valence-corrected chi connectivity index (χ2v) is 6.03. The fourth-order valence-corrected chi connectivity index (χ4v) is 2.62. The first-order chi connectivity index (χ1) is 12.8. The second kappa shape index (κ2) is 6.90. The molecular weight excluding hydrogens is 352 g/mol. The summed E-state index contributed by atoms with van der Waals surface area (Å²) in [5.74, 6) is -0.318. The van der Waals surface area contributed by atoms with E-state index in [-0.39, 0.29) is 23.5 Å². The molecule has 0 aliphatic rings. The van der Waals surface area contributed by atoms with Crippen molar-refractivity contribution in [2.75, 3.05) is 0 Å². The summed E-state index contributed by atoms with van der Waals surface area (Å²) in [5.41, 5.74) is 3.07. The van der Waals surface area contributed by atoms with Crippen LogP contribution in [0.3, 0.4) is 0 Å². The molecule has 140 valence electrons. The Balaban J connectivity index is 1.83. The van der Waals surface area contributed by atoms with Crippen LogP contribution in [0.5, 0.6) is 5.75 Å². The number of rotatable bonds is 4. The molecule has 0 aliphatic carbocycles. The first kappa shape index (κ1) is 18.1. The Morgan fingerprint density at radius 3 is 2.52 bits per heavy atom. The van der Waals surface area contributed by atoms with Crippen molar-refractivity contribution in [3.8, 4) is 5.75 Å². The topological polar surface area (TPSA) is 124 Å². The maximum absolute atomic E-state index is 12.4. The number of imidazole rings is 1. The number of aromatic nitrogens is 4. The molecule has 2 heterocycles. The van der Waals surface area contributed by atoms with Crippen molar-refractivity contribution in [1.82, 2.24) is 24.1 Å². The van der Waals surface area contributed by atoms with Crippen LogP contribution in [0.1, 0.15) is 12.5 Å². The van der Waals surface area contributed by atoms with Gasteiger partial charge in [-0.15, -0.1) is 0 Å². The zero-order chi connectivity index (χ0) is 19.7. The number of amides is 1. The van der Waals surface area contributed by atoms with Gasteiger partial charge >= 0.3 is 5.69 Å². The molecule has 3 aromatic rings. The monoisotopic (exact) mass is 370 g/mol. The van der Waals surface area contributed by atoms with Gasteiger partial charge < -0.3 is 9.67 Å². The van der Waals surface area contributed by atoms with Gasteiger partial charge in [-0.2, -0.15) is 5.10 Å². The molecule has 10 nitrogen and oxygen atoms in total. The molecule has 0 atom stereocenters. The Morgan fingerprint density at radius 2 is 1.85 bits per heavy atom. The van der Waals surface area contributed by atoms with Crippen LogP contribution in [0, 0.1) is 0 Å². The number of phenols is 1. The maximum atomic E-state index is 12.4. The quantitative estimate of drug-likeness (QED) is 0.481. The number of nitrogens with zero attached hydrogens (tertiary/aromatic N) is 5. The Bertz CT molecular complexity index is 1170. The highest BCUT2D eigenvalue weighted by atomic mass is 16.3. The minimum Gasteiger partial charge on any atom is -0.508 e. The van der Waals surface area contributed by atoms with E-state index < -0.39 is 17.2 Å². The summed E-state index contributed by atoms with van der Waals surface area (Å²) in [6.07, 6.45) is 1.33. The number of hydrogen-bond donors (Lipinski definition) is 2. The van der Waals surface area contributed by atoms with Gasteiger partial charge in [0.2, 0.25) is 0 Å². The molecule has 1 aromatic carbocycles. The fraction of sp³-hybridized carbons (Fsp3) is 0.235. The van der Waals surface area contributed by atoms with Crippen molar-refractivity contribution >= 4 is 22.8 Å². The summed E-state index contributed by atoms with van der Waals surface area (Å²) in [6.45, 7) is 1.53. The van der Waals surface area contributed by atoms with Crippen LogP contribution in [-0.4, -0.2) is 35.4 Å². The van der Waals surface area contributed by atoms with Gasteiger partial charge in [0.15, 0.2) is 11.2 Å². The van der Waals surface area contributed by atoms with Crippen LogP contribution in [0.4, 0.5) is 0 Å². The lowest BCUT2D eigenvalue weighted by Gasteiger charge is -2.06. The number of benzene rings is 1. The Kier molecular flexibility index (Phi) is 4.63. The minimum atomic E-state index is -0.526. The summed E-state index contributed by atoms with van der Waals surface area (Å²) < 4.78 is 3.58. The molecule has 1 amide bonds. The lowest BCUT2D eigenvalue weighted by molar-refractivity contribution is -0.121. The molecule has 0 unspecified atom stereocenters. The molecule has 27 heavy (non-hydrogen) atoms. The minimum absolute atomic E-state index is 0.138. The normalized spacial score (nSPS) is 11.7. The highest BCUT2D eigenvalue weighted by Gasteiger charge is 2.15. The number of hydrogen-bond acceptors (Lipinski definition) is 6. The van der Waals surface area contributed by atoms with Crippen LogP contribution in [-0.2, 0) is 25.4 Å². The SMILES string of the molecule is C/C(=N\NC(=O)Cn1cnc2c1c(=O)n(C)c(=O)n2C)c1ccc(O)cc1. The average molecular weight is 370 g/mol. The lowest BCUT2D eigenvalue weighted by Crippen LogP contribution is -2.38. The van der Waals surface area contributed by atoms with Crippen molar-refractivity contribution < 1.29 is 9.90 Å². The van der Waals surface area contributed by atoms with E-state index in [1.807, 2.05) is 0 Å².